The molecule has 0 radical (unpaired) electrons. The molecule has 1 fully saturated rings. The lowest BCUT2D eigenvalue weighted by Crippen LogP contribution is -2.58. The number of sulfone groups is 1. The van der Waals surface area contributed by atoms with E-state index in [0.29, 0.717) is 30.9 Å². The van der Waals surface area contributed by atoms with Crippen molar-refractivity contribution in [1.82, 2.24) is 4.90 Å². The van der Waals surface area contributed by atoms with Crippen LogP contribution in [0.5, 0.6) is 11.5 Å². The van der Waals surface area contributed by atoms with Crippen LogP contribution in [0, 0.1) is 12.8 Å². The number of aliphatic hydroxyl groups is 1. The highest BCUT2D eigenvalue weighted by atomic mass is 32.2. The van der Waals surface area contributed by atoms with Crippen molar-refractivity contribution in [1.29, 1.82) is 0 Å². The van der Waals surface area contributed by atoms with Crippen LogP contribution < -0.4 is 9.47 Å². The summed E-state index contributed by atoms with van der Waals surface area (Å²) in [5.74, 6) is 0.265. The summed E-state index contributed by atoms with van der Waals surface area (Å²) in [5, 5.41) is 10.3. The van der Waals surface area contributed by atoms with Crippen molar-refractivity contribution in [2.24, 2.45) is 5.92 Å². The molecule has 1 aliphatic rings. The number of likely N-dealkylation sites (tertiary alicyclic amines) is 1. The Morgan fingerprint density at radius 3 is 2.30 bits per heavy atom. The Morgan fingerprint density at radius 2 is 1.62 bits per heavy atom. The van der Waals surface area contributed by atoms with Crippen LogP contribution in [0.3, 0.4) is 0 Å². The monoisotopic (exact) mass is 567 g/mol. The molecule has 1 unspecified atom stereocenters. The number of ether oxygens (including phenoxy) is 3. The summed E-state index contributed by atoms with van der Waals surface area (Å²) in [4.78, 5) is 14.7. The van der Waals surface area contributed by atoms with Crippen LogP contribution in [0.25, 0.3) is 0 Å². The van der Waals surface area contributed by atoms with Crippen molar-refractivity contribution in [2.45, 2.75) is 49.2 Å². The quantitative estimate of drug-likeness (QED) is 0.328. The van der Waals surface area contributed by atoms with Gasteiger partial charge in [0.2, 0.25) is 5.91 Å². The van der Waals surface area contributed by atoms with Gasteiger partial charge >= 0.3 is 0 Å². The maximum atomic E-state index is 13.9. The van der Waals surface area contributed by atoms with Crippen LogP contribution >= 0.6 is 0 Å². The van der Waals surface area contributed by atoms with Gasteiger partial charge in [-0.2, -0.15) is 0 Å². The first-order valence-corrected chi connectivity index (χ1v) is 14.9. The Labute approximate surface area is 236 Å². The van der Waals surface area contributed by atoms with Gasteiger partial charge in [-0.3, -0.25) is 4.79 Å². The number of carbonyl (C=O) groups excluding carboxylic acids is 1. The lowest BCUT2D eigenvalue weighted by Gasteiger charge is -2.42. The summed E-state index contributed by atoms with van der Waals surface area (Å²) < 4.78 is 44.3. The number of nitrogens with zero attached hydrogens (tertiary/aromatic N) is 1. The van der Waals surface area contributed by atoms with E-state index in [1.165, 1.54) is 4.90 Å². The van der Waals surface area contributed by atoms with E-state index < -0.39 is 27.2 Å². The van der Waals surface area contributed by atoms with Crippen molar-refractivity contribution in [3.8, 4) is 11.5 Å². The number of carbonyl (C=O) groups is 1. The van der Waals surface area contributed by atoms with Gasteiger partial charge in [-0.15, -0.1) is 0 Å². The van der Waals surface area contributed by atoms with Gasteiger partial charge in [0.1, 0.15) is 11.5 Å². The molecule has 214 valence electrons. The fraction of sp³-hybridized carbons (Fsp3) is 0.387. The van der Waals surface area contributed by atoms with E-state index in [0.717, 1.165) is 16.7 Å². The molecule has 0 spiro atoms. The molecule has 8 nitrogen and oxygen atoms in total. The second-order valence-corrected chi connectivity index (χ2v) is 12.2. The minimum Gasteiger partial charge on any atom is -0.493 e. The van der Waals surface area contributed by atoms with Crippen molar-refractivity contribution in [2.75, 3.05) is 27.4 Å². The molecule has 3 aromatic rings. The maximum Gasteiger partial charge on any atom is 0.224 e. The molecular weight excluding hydrogens is 530 g/mol. The van der Waals surface area contributed by atoms with Gasteiger partial charge in [0.25, 0.3) is 0 Å². The standard InChI is InChI=1S/C31H37NO7S/c1-22-9-12-26(13-10-22)40(35,36)30-25(16-18-39-21-24-7-5-4-6-8-24)20-29(33)32(31(30)34)17-15-23-11-14-27(37-2)28(19-23)38-3/h4-14,19,25,30-31,34H,15-18,20-21H2,1-3H3/t25-,30+,31?/m1/s1. The van der Waals surface area contributed by atoms with E-state index in [4.69, 9.17) is 14.2 Å². The number of hydrogen-bond donors (Lipinski definition) is 1. The number of hydrogen-bond acceptors (Lipinski definition) is 7. The number of aryl methyl sites for hydroxylation is 1. The summed E-state index contributed by atoms with van der Waals surface area (Å²) in [6, 6.07) is 21.7. The number of piperidine rings is 1. The Balaban J connectivity index is 1.53. The zero-order valence-electron chi connectivity index (χ0n) is 23.2. The molecule has 9 heteroatoms. The van der Waals surface area contributed by atoms with Crippen LogP contribution in [-0.4, -0.2) is 63.2 Å². The first-order chi connectivity index (χ1) is 19.2. The number of aliphatic hydroxyl groups excluding tert-OH is 1. The van der Waals surface area contributed by atoms with Crippen LogP contribution in [0.2, 0.25) is 0 Å². The van der Waals surface area contributed by atoms with E-state index >= 15 is 0 Å². The van der Waals surface area contributed by atoms with E-state index in [9.17, 15) is 18.3 Å². The summed E-state index contributed by atoms with van der Waals surface area (Å²) >= 11 is 0. The molecule has 0 bridgehead atoms. The summed E-state index contributed by atoms with van der Waals surface area (Å²) in [5.41, 5.74) is 2.81. The molecule has 0 saturated carbocycles. The highest BCUT2D eigenvalue weighted by Crippen LogP contribution is 2.35. The Bertz CT molecular complexity index is 1380. The largest absolute Gasteiger partial charge is 0.493 e. The molecule has 1 heterocycles. The lowest BCUT2D eigenvalue weighted by molar-refractivity contribution is -0.149. The third-order valence-corrected chi connectivity index (χ3v) is 9.65. The Kier molecular flexibility index (Phi) is 9.84. The SMILES string of the molecule is COc1ccc(CCN2C(=O)C[C@@H](CCOCc3ccccc3)[C@H](S(=O)(=O)c3ccc(C)cc3)C2O)cc1OC. The molecule has 1 aliphatic heterocycles. The summed E-state index contributed by atoms with van der Waals surface area (Å²) in [6.45, 7) is 2.70. The van der Waals surface area contributed by atoms with Crippen LogP contribution in [0.4, 0.5) is 0 Å². The first-order valence-electron chi connectivity index (χ1n) is 13.3. The van der Waals surface area contributed by atoms with Crippen molar-refractivity contribution < 1.29 is 32.5 Å². The van der Waals surface area contributed by atoms with Gasteiger partial charge < -0.3 is 24.2 Å². The van der Waals surface area contributed by atoms with Gasteiger partial charge in [0.05, 0.1) is 25.7 Å². The molecule has 1 amide bonds. The summed E-state index contributed by atoms with van der Waals surface area (Å²) in [7, 11) is -0.862. The molecule has 0 aromatic heterocycles. The minimum atomic E-state index is -3.96. The number of amides is 1. The van der Waals surface area contributed by atoms with Crippen LogP contribution in [0.15, 0.2) is 77.7 Å². The first kappa shape index (κ1) is 29.6. The lowest BCUT2D eigenvalue weighted by atomic mass is 9.91. The molecule has 3 aromatic carbocycles. The second kappa shape index (κ2) is 13.3. The van der Waals surface area contributed by atoms with Gasteiger partial charge in [-0.05, 0) is 61.1 Å². The van der Waals surface area contributed by atoms with Gasteiger partial charge in [0, 0.05) is 19.6 Å². The highest BCUT2D eigenvalue weighted by Gasteiger charge is 2.48. The van der Waals surface area contributed by atoms with Gasteiger partial charge in [0.15, 0.2) is 21.3 Å². The second-order valence-electron chi connectivity index (χ2n) is 10.1. The molecule has 40 heavy (non-hydrogen) atoms. The average molecular weight is 568 g/mol. The van der Waals surface area contributed by atoms with Gasteiger partial charge in [-0.25, -0.2) is 8.42 Å². The van der Waals surface area contributed by atoms with Crippen molar-refractivity contribution >= 4 is 15.7 Å². The minimum absolute atomic E-state index is 0.00739. The predicted molar refractivity (Wildman–Crippen MR) is 152 cm³/mol. The molecule has 1 saturated heterocycles. The van der Waals surface area contributed by atoms with E-state index in [2.05, 4.69) is 0 Å². The van der Waals surface area contributed by atoms with E-state index in [-0.39, 0.29) is 30.4 Å². The molecule has 0 aliphatic carbocycles. The molecule has 3 atom stereocenters. The fourth-order valence-corrected chi connectivity index (χ4v) is 7.17. The number of rotatable bonds is 12. The van der Waals surface area contributed by atoms with Gasteiger partial charge in [-0.1, -0.05) is 54.1 Å². The van der Waals surface area contributed by atoms with E-state index in [1.807, 2.05) is 49.4 Å². The normalized spacial score (nSPS) is 19.4. The van der Waals surface area contributed by atoms with Crippen LogP contribution in [0.1, 0.15) is 29.5 Å². The zero-order chi connectivity index (χ0) is 28.7. The molecule has 1 N–H and O–H groups in total. The Morgan fingerprint density at radius 1 is 0.925 bits per heavy atom. The molecular formula is C31H37NO7S. The van der Waals surface area contributed by atoms with Crippen LogP contribution in [-0.2, 0) is 32.4 Å². The van der Waals surface area contributed by atoms with E-state index in [1.54, 1.807) is 44.6 Å². The average Bonchev–Trinajstić information content (AvgIpc) is 2.95. The topological polar surface area (TPSA) is 102 Å². The smallest absolute Gasteiger partial charge is 0.224 e. The maximum absolute atomic E-state index is 13.9. The zero-order valence-corrected chi connectivity index (χ0v) is 24.0. The highest BCUT2D eigenvalue weighted by molar-refractivity contribution is 7.92. The fourth-order valence-electron chi connectivity index (χ4n) is 5.13. The summed E-state index contributed by atoms with van der Waals surface area (Å²) in [6.07, 6.45) is -0.750. The van der Waals surface area contributed by atoms with Crippen molar-refractivity contribution in [3.63, 3.8) is 0 Å². The van der Waals surface area contributed by atoms with Crippen molar-refractivity contribution in [3.05, 3.63) is 89.5 Å². The number of methoxy groups -OCH3 is 2. The molecule has 4 rings (SSSR count). The third-order valence-electron chi connectivity index (χ3n) is 7.38. The number of benzene rings is 3. The Hall–Kier alpha value is -3.40. The predicted octanol–water partition coefficient (Wildman–Crippen LogP) is 4.17. The third kappa shape index (κ3) is 6.83.